The fraction of sp³-hybridized carbons (Fsp3) is 0.308. The van der Waals surface area contributed by atoms with Gasteiger partial charge < -0.3 is 15.2 Å². The SMILES string of the molecule is O[C@H](CN[C@H](c1ccc(Oc2cccc(SC(F)(F)F)c2)cc1)c1cccc(C(F)(F)C(F)(F)C(F)(F)F)c1)C(F)(F)F. The Labute approximate surface area is 238 Å². The highest BCUT2D eigenvalue weighted by atomic mass is 32.2. The van der Waals surface area contributed by atoms with Gasteiger partial charge in [-0.2, -0.15) is 57.1 Å². The van der Waals surface area contributed by atoms with Crippen LogP contribution in [0.15, 0.2) is 77.7 Å². The zero-order valence-corrected chi connectivity index (χ0v) is 21.8. The summed E-state index contributed by atoms with van der Waals surface area (Å²) in [7, 11) is 0. The number of rotatable bonds is 10. The Kier molecular flexibility index (Phi) is 9.92. The first-order valence-corrected chi connectivity index (χ1v) is 12.5. The molecule has 3 nitrogen and oxygen atoms in total. The topological polar surface area (TPSA) is 41.5 Å². The van der Waals surface area contributed by atoms with Crippen LogP contribution in [-0.2, 0) is 5.92 Å². The molecule has 0 amide bonds. The Hall–Kier alpha value is -3.18. The van der Waals surface area contributed by atoms with E-state index in [0.717, 1.165) is 24.3 Å². The average Bonchev–Trinajstić information content (AvgIpc) is 2.87. The largest absolute Gasteiger partial charge is 0.460 e. The van der Waals surface area contributed by atoms with E-state index in [-0.39, 0.29) is 34.1 Å². The Morgan fingerprint density at radius 1 is 0.698 bits per heavy atom. The van der Waals surface area contributed by atoms with E-state index in [9.17, 15) is 62.2 Å². The van der Waals surface area contributed by atoms with E-state index in [1.807, 2.05) is 0 Å². The van der Waals surface area contributed by atoms with E-state index in [2.05, 4.69) is 5.32 Å². The number of aliphatic hydroxyl groups is 1. The summed E-state index contributed by atoms with van der Waals surface area (Å²) in [6, 6.07) is 10.2. The van der Waals surface area contributed by atoms with Gasteiger partial charge in [-0.05, 0) is 59.3 Å². The molecule has 0 aliphatic rings. The molecule has 0 aromatic heterocycles. The van der Waals surface area contributed by atoms with Crippen LogP contribution in [0.4, 0.5) is 57.1 Å². The van der Waals surface area contributed by atoms with Crippen LogP contribution in [0, 0.1) is 0 Å². The Morgan fingerprint density at radius 2 is 1.30 bits per heavy atom. The molecule has 2 atom stereocenters. The lowest BCUT2D eigenvalue weighted by Crippen LogP contribution is -2.50. The van der Waals surface area contributed by atoms with Crippen LogP contribution in [-0.4, -0.2) is 41.5 Å². The lowest BCUT2D eigenvalue weighted by Gasteiger charge is -2.29. The molecule has 3 rings (SSSR count). The van der Waals surface area contributed by atoms with E-state index in [1.165, 1.54) is 30.3 Å². The lowest BCUT2D eigenvalue weighted by atomic mass is 9.93. The third-order valence-corrected chi connectivity index (χ3v) is 6.44. The molecule has 0 radical (unpaired) electrons. The Bertz CT molecular complexity index is 1370. The van der Waals surface area contributed by atoms with Gasteiger partial charge in [-0.25, -0.2) is 0 Å². The fourth-order valence-electron chi connectivity index (χ4n) is 3.65. The first kappa shape index (κ1) is 34.3. The van der Waals surface area contributed by atoms with E-state index >= 15 is 0 Å². The number of ether oxygens (including phenoxy) is 1. The van der Waals surface area contributed by atoms with Crippen molar-refractivity contribution in [1.29, 1.82) is 0 Å². The second kappa shape index (κ2) is 12.4. The van der Waals surface area contributed by atoms with E-state index in [0.29, 0.717) is 6.07 Å². The molecular formula is C26H18F13NO2S. The molecule has 43 heavy (non-hydrogen) atoms. The molecule has 236 valence electrons. The monoisotopic (exact) mass is 655 g/mol. The van der Waals surface area contributed by atoms with Crippen LogP contribution in [0.1, 0.15) is 22.7 Å². The molecule has 0 bridgehead atoms. The molecule has 0 aliphatic carbocycles. The maximum absolute atomic E-state index is 14.4. The molecular weight excluding hydrogens is 637 g/mol. The molecule has 0 heterocycles. The van der Waals surface area contributed by atoms with Crippen molar-refractivity contribution < 1.29 is 66.9 Å². The number of benzene rings is 3. The second-order valence-corrected chi connectivity index (χ2v) is 10.0. The third kappa shape index (κ3) is 8.47. The Morgan fingerprint density at radius 3 is 1.86 bits per heavy atom. The van der Waals surface area contributed by atoms with Crippen LogP contribution in [0.2, 0.25) is 0 Å². The standard InChI is InChI=1S/C26H18F13NO2S/c27-22(28,24(32,33)25(34,35)36)16-4-1-3-15(11-16)21(40-13-20(41)23(29,30)31)14-7-9-17(10-8-14)42-18-5-2-6-19(12-18)43-26(37,38)39/h1-12,20-21,40-41H,13H2/t20-,21-/m1/s1. The molecule has 0 spiro atoms. The van der Waals surface area contributed by atoms with Crippen molar-refractivity contribution in [3.05, 3.63) is 89.5 Å². The average molecular weight is 655 g/mol. The van der Waals surface area contributed by atoms with Crippen molar-refractivity contribution in [3.8, 4) is 11.5 Å². The Balaban J connectivity index is 1.95. The number of hydrogen-bond acceptors (Lipinski definition) is 4. The number of alkyl halides is 13. The van der Waals surface area contributed by atoms with Crippen molar-refractivity contribution in [1.82, 2.24) is 5.32 Å². The summed E-state index contributed by atoms with van der Waals surface area (Å²) in [5.74, 6) is -12.3. The molecule has 3 aromatic carbocycles. The number of aliphatic hydroxyl groups excluding tert-OH is 1. The molecule has 0 aliphatic heterocycles. The number of hydrogen-bond donors (Lipinski definition) is 2. The summed E-state index contributed by atoms with van der Waals surface area (Å²) >= 11 is -0.407. The van der Waals surface area contributed by atoms with Gasteiger partial charge in [0.2, 0.25) is 0 Å². The van der Waals surface area contributed by atoms with Gasteiger partial charge in [0.25, 0.3) is 0 Å². The van der Waals surface area contributed by atoms with Crippen LogP contribution in [0.3, 0.4) is 0 Å². The summed E-state index contributed by atoms with van der Waals surface area (Å²) in [5, 5.41) is 11.6. The van der Waals surface area contributed by atoms with Crippen LogP contribution in [0.25, 0.3) is 0 Å². The van der Waals surface area contributed by atoms with Gasteiger partial charge in [-0.3, -0.25) is 0 Å². The highest BCUT2D eigenvalue weighted by Crippen LogP contribution is 2.52. The summed E-state index contributed by atoms with van der Waals surface area (Å²) in [5.41, 5.74) is -6.86. The molecule has 17 heteroatoms. The van der Waals surface area contributed by atoms with E-state index in [4.69, 9.17) is 4.74 Å². The summed E-state index contributed by atoms with van der Waals surface area (Å²) in [6.07, 6.45) is -14.7. The number of nitrogens with one attached hydrogen (secondary N) is 1. The maximum atomic E-state index is 14.4. The molecule has 0 saturated carbocycles. The van der Waals surface area contributed by atoms with Crippen molar-refractivity contribution in [3.63, 3.8) is 0 Å². The summed E-state index contributed by atoms with van der Waals surface area (Å²) < 4.78 is 176. The van der Waals surface area contributed by atoms with Crippen molar-refractivity contribution in [2.45, 2.75) is 46.7 Å². The predicted molar refractivity (Wildman–Crippen MR) is 128 cm³/mol. The minimum atomic E-state index is -6.64. The summed E-state index contributed by atoms with van der Waals surface area (Å²) in [6.45, 7) is -1.24. The van der Waals surface area contributed by atoms with Crippen molar-refractivity contribution >= 4 is 11.8 Å². The molecule has 3 aromatic rings. The number of halogens is 13. The van der Waals surface area contributed by atoms with Crippen LogP contribution >= 0.6 is 11.8 Å². The first-order chi connectivity index (χ1) is 19.6. The minimum absolute atomic E-state index is 0.00270. The molecule has 0 unspecified atom stereocenters. The van der Waals surface area contributed by atoms with Gasteiger partial charge in [-0.1, -0.05) is 36.4 Å². The molecule has 0 fully saturated rings. The quantitative estimate of drug-likeness (QED) is 0.169. The van der Waals surface area contributed by atoms with E-state index < -0.39 is 71.3 Å². The summed E-state index contributed by atoms with van der Waals surface area (Å²) in [4.78, 5) is -0.207. The van der Waals surface area contributed by atoms with Crippen LogP contribution in [0.5, 0.6) is 11.5 Å². The second-order valence-electron chi connectivity index (χ2n) is 8.86. The van der Waals surface area contributed by atoms with Crippen molar-refractivity contribution in [2.75, 3.05) is 6.54 Å². The minimum Gasteiger partial charge on any atom is -0.457 e. The number of thioether (sulfide) groups is 1. The third-order valence-electron chi connectivity index (χ3n) is 5.71. The smallest absolute Gasteiger partial charge is 0.457 e. The van der Waals surface area contributed by atoms with Gasteiger partial charge in [0, 0.05) is 17.0 Å². The highest BCUT2D eigenvalue weighted by molar-refractivity contribution is 8.00. The van der Waals surface area contributed by atoms with Crippen LogP contribution < -0.4 is 10.1 Å². The maximum Gasteiger partial charge on any atom is 0.460 e. The van der Waals surface area contributed by atoms with Gasteiger partial charge >= 0.3 is 29.7 Å². The van der Waals surface area contributed by atoms with Crippen molar-refractivity contribution in [2.24, 2.45) is 0 Å². The zero-order valence-electron chi connectivity index (χ0n) is 21.0. The molecule has 0 saturated heterocycles. The predicted octanol–water partition coefficient (Wildman–Crippen LogP) is 8.98. The van der Waals surface area contributed by atoms with Gasteiger partial charge in [0.1, 0.15) is 11.5 Å². The highest BCUT2D eigenvalue weighted by Gasteiger charge is 2.73. The van der Waals surface area contributed by atoms with E-state index in [1.54, 1.807) is 0 Å². The van der Waals surface area contributed by atoms with Gasteiger partial charge in [-0.15, -0.1) is 0 Å². The van der Waals surface area contributed by atoms with Gasteiger partial charge in [0.05, 0.1) is 6.04 Å². The van der Waals surface area contributed by atoms with Gasteiger partial charge in [0.15, 0.2) is 6.10 Å². The zero-order chi connectivity index (χ0) is 32.4. The molecule has 2 N–H and O–H groups in total. The fourth-order valence-corrected chi connectivity index (χ4v) is 4.23. The lowest BCUT2D eigenvalue weighted by molar-refractivity contribution is -0.359. The first-order valence-electron chi connectivity index (χ1n) is 11.7. The normalized spacial score (nSPS) is 14.8.